The van der Waals surface area contributed by atoms with Crippen LogP contribution < -0.4 is 0 Å². The molecule has 1 aromatic rings. The van der Waals surface area contributed by atoms with Crippen molar-refractivity contribution in [2.75, 3.05) is 20.2 Å². The van der Waals surface area contributed by atoms with E-state index in [0.717, 1.165) is 37.1 Å². The normalized spacial score (nSPS) is 11.2. The minimum atomic E-state index is -4.44. The maximum atomic E-state index is 12.5. The number of benzene rings is 1. The highest BCUT2D eigenvalue weighted by atomic mass is 19.4. The van der Waals surface area contributed by atoms with Crippen LogP contribution in [-0.4, -0.2) is 37.0 Å². The Kier molecular flexibility index (Phi) is 7.06. The van der Waals surface area contributed by atoms with E-state index in [1.165, 1.54) is 12.0 Å². The Labute approximate surface area is 133 Å². The van der Waals surface area contributed by atoms with Gasteiger partial charge in [0.2, 0.25) is 0 Å². The summed E-state index contributed by atoms with van der Waals surface area (Å²) in [4.78, 5) is 25.1. The summed E-state index contributed by atoms with van der Waals surface area (Å²) in [6, 6.07) is 4.07. The van der Waals surface area contributed by atoms with Crippen molar-refractivity contribution >= 4 is 11.9 Å². The number of alkyl halides is 3. The minimum absolute atomic E-state index is 0.0482. The third-order valence-corrected chi connectivity index (χ3v) is 3.34. The molecule has 0 atom stereocenters. The molecule has 0 aliphatic rings. The summed E-state index contributed by atoms with van der Waals surface area (Å²) in [5, 5.41) is 0. The van der Waals surface area contributed by atoms with Gasteiger partial charge >= 0.3 is 12.1 Å². The lowest BCUT2D eigenvalue weighted by Gasteiger charge is -2.22. The van der Waals surface area contributed by atoms with Crippen LogP contribution in [0, 0.1) is 0 Å². The van der Waals surface area contributed by atoms with Gasteiger partial charge in [-0.1, -0.05) is 13.3 Å². The van der Waals surface area contributed by atoms with E-state index in [1.54, 1.807) is 0 Å². The maximum Gasteiger partial charge on any atom is 0.416 e. The van der Waals surface area contributed by atoms with Gasteiger partial charge in [0.1, 0.15) is 0 Å². The fourth-order valence-electron chi connectivity index (χ4n) is 1.98. The predicted molar refractivity (Wildman–Crippen MR) is 78.9 cm³/mol. The maximum absolute atomic E-state index is 12.5. The van der Waals surface area contributed by atoms with Crippen molar-refractivity contribution in [1.82, 2.24) is 4.90 Å². The molecule has 0 saturated heterocycles. The summed E-state index contributed by atoms with van der Waals surface area (Å²) in [5.74, 6) is -0.831. The van der Waals surface area contributed by atoms with Gasteiger partial charge in [-0.05, 0) is 30.7 Å². The van der Waals surface area contributed by atoms with Gasteiger partial charge in [-0.25, -0.2) is 0 Å². The Morgan fingerprint density at radius 1 is 1.13 bits per heavy atom. The number of halogens is 3. The van der Waals surface area contributed by atoms with Gasteiger partial charge in [-0.2, -0.15) is 13.2 Å². The Morgan fingerprint density at radius 2 is 1.74 bits per heavy atom. The number of nitrogens with zero attached hydrogens (tertiary/aromatic N) is 1. The lowest BCUT2D eigenvalue weighted by Crippen LogP contribution is -2.34. The summed E-state index contributed by atoms with van der Waals surface area (Å²) in [6.07, 6.45) is -2.79. The van der Waals surface area contributed by atoms with Gasteiger partial charge in [0.15, 0.2) is 0 Å². The Bertz CT molecular complexity index is 526. The van der Waals surface area contributed by atoms with Gasteiger partial charge in [0, 0.05) is 18.7 Å². The Balaban J connectivity index is 2.84. The second kappa shape index (κ2) is 8.55. The molecule has 0 N–H and O–H groups in total. The van der Waals surface area contributed by atoms with E-state index in [1.807, 2.05) is 6.92 Å². The SMILES string of the molecule is CCCCN(CCC(=O)OC)C(=O)c1ccc(C(F)(F)F)cc1. The smallest absolute Gasteiger partial charge is 0.416 e. The first kappa shape index (κ1) is 19.0. The highest BCUT2D eigenvalue weighted by Gasteiger charge is 2.30. The molecule has 0 unspecified atom stereocenters. The van der Waals surface area contributed by atoms with Crippen LogP contribution in [0.1, 0.15) is 42.1 Å². The molecule has 23 heavy (non-hydrogen) atoms. The molecular formula is C16H20F3NO3. The fraction of sp³-hybridized carbons (Fsp3) is 0.500. The molecule has 7 heteroatoms. The number of hydrogen-bond acceptors (Lipinski definition) is 3. The first-order valence-electron chi connectivity index (χ1n) is 7.33. The van der Waals surface area contributed by atoms with Crippen LogP contribution in [0.4, 0.5) is 13.2 Å². The Morgan fingerprint density at radius 3 is 2.22 bits per heavy atom. The molecule has 0 bridgehead atoms. The topological polar surface area (TPSA) is 46.6 Å². The third-order valence-electron chi connectivity index (χ3n) is 3.34. The highest BCUT2D eigenvalue weighted by Crippen LogP contribution is 2.29. The standard InChI is InChI=1S/C16H20F3NO3/c1-3-4-10-20(11-9-14(21)23-2)15(22)12-5-7-13(8-6-12)16(17,18)19/h5-8H,3-4,9-11H2,1-2H3. The molecule has 128 valence electrons. The van der Waals surface area contributed by atoms with Crippen molar-refractivity contribution < 1.29 is 27.5 Å². The molecule has 0 aliphatic carbocycles. The highest BCUT2D eigenvalue weighted by molar-refractivity contribution is 5.94. The van der Waals surface area contributed by atoms with Crippen LogP contribution in [0.2, 0.25) is 0 Å². The molecule has 0 aliphatic heterocycles. The first-order chi connectivity index (χ1) is 10.8. The zero-order chi connectivity index (χ0) is 17.5. The zero-order valence-electron chi connectivity index (χ0n) is 13.2. The number of ether oxygens (including phenoxy) is 1. The van der Waals surface area contributed by atoms with Gasteiger partial charge in [-0.3, -0.25) is 9.59 Å². The van der Waals surface area contributed by atoms with E-state index in [0.29, 0.717) is 6.54 Å². The van der Waals surface area contributed by atoms with Crippen LogP contribution in [0.15, 0.2) is 24.3 Å². The van der Waals surface area contributed by atoms with Crippen LogP contribution in [0.25, 0.3) is 0 Å². The van der Waals surface area contributed by atoms with Crippen LogP contribution in [0.3, 0.4) is 0 Å². The average Bonchev–Trinajstić information content (AvgIpc) is 2.53. The Hall–Kier alpha value is -2.05. The van der Waals surface area contributed by atoms with Crippen molar-refractivity contribution in [1.29, 1.82) is 0 Å². The number of carbonyl (C=O) groups is 2. The second-order valence-electron chi connectivity index (χ2n) is 5.05. The molecule has 1 amide bonds. The van der Waals surface area contributed by atoms with Crippen molar-refractivity contribution in [2.45, 2.75) is 32.4 Å². The van der Waals surface area contributed by atoms with E-state index < -0.39 is 23.6 Å². The number of methoxy groups -OCH3 is 1. The van der Waals surface area contributed by atoms with Gasteiger partial charge in [0.05, 0.1) is 19.1 Å². The van der Waals surface area contributed by atoms with Crippen molar-refractivity contribution in [3.8, 4) is 0 Å². The monoisotopic (exact) mass is 331 g/mol. The number of unbranched alkanes of at least 4 members (excludes halogenated alkanes) is 1. The number of rotatable bonds is 7. The van der Waals surface area contributed by atoms with Gasteiger partial charge < -0.3 is 9.64 Å². The molecular weight excluding hydrogens is 311 g/mol. The molecule has 4 nitrogen and oxygen atoms in total. The molecule has 0 fully saturated rings. The average molecular weight is 331 g/mol. The fourth-order valence-corrected chi connectivity index (χ4v) is 1.98. The van der Waals surface area contributed by atoms with E-state index in [2.05, 4.69) is 4.74 Å². The van der Waals surface area contributed by atoms with Crippen molar-refractivity contribution in [2.24, 2.45) is 0 Å². The third kappa shape index (κ3) is 5.92. The summed E-state index contributed by atoms with van der Waals surface area (Å²) in [6.45, 7) is 2.57. The molecule has 1 rings (SSSR count). The molecule has 0 aromatic heterocycles. The number of amides is 1. The van der Waals surface area contributed by atoms with E-state index in [-0.39, 0.29) is 18.5 Å². The number of hydrogen-bond donors (Lipinski definition) is 0. The summed E-state index contributed by atoms with van der Waals surface area (Å²) in [5.41, 5.74) is -0.636. The molecule has 1 aromatic carbocycles. The zero-order valence-corrected chi connectivity index (χ0v) is 13.2. The van der Waals surface area contributed by atoms with Gasteiger partial charge in [0.25, 0.3) is 5.91 Å². The minimum Gasteiger partial charge on any atom is -0.469 e. The van der Waals surface area contributed by atoms with E-state index >= 15 is 0 Å². The van der Waals surface area contributed by atoms with Crippen LogP contribution >= 0.6 is 0 Å². The first-order valence-corrected chi connectivity index (χ1v) is 7.33. The van der Waals surface area contributed by atoms with Gasteiger partial charge in [-0.15, -0.1) is 0 Å². The number of esters is 1. The lowest BCUT2D eigenvalue weighted by atomic mass is 10.1. The summed E-state index contributed by atoms with van der Waals surface area (Å²) < 4.78 is 42.2. The van der Waals surface area contributed by atoms with Crippen molar-refractivity contribution in [3.05, 3.63) is 35.4 Å². The summed E-state index contributed by atoms with van der Waals surface area (Å²) >= 11 is 0. The predicted octanol–water partition coefficient (Wildman–Crippen LogP) is 3.51. The molecule has 0 saturated carbocycles. The second-order valence-corrected chi connectivity index (χ2v) is 5.05. The molecule has 0 spiro atoms. The molecule has 0 radical (unpaired) electrons. The van der Waals surface area contributed by atoms with E-state index in [4.69, 9.17) is 0 Å². The molecule has 0 heterocycles. The number of carbonyl (C=O) groups excluding carboxylic acids is 2. The largest absolute Gasteiger partial charge is 0.469 e. The van der Waals surface area contributed by atoms with Crippen LogP contribution in [0.5, 0.6) is 0 Å². The van der Waals surface area contributed by atoms with Crippen LogP contribution in [-0.2, 0) is 15.7 Å². The lowest BCUT2D eigenvalue weighted by molar-refractivity contribution is -0.141. The quantitative estimate of drug-likeness (QED) is 0.718. The van der Waals surface area contributed by atoms with Crippen molar-refractivity contribution in [3.63, 3.8) is 0 Å². The van der Waals surface area contributed by atoms with E-state index in [9.17, 15) is 22.8 Å². The summed E-state index contributed by atoms with van der Waals surface area (Å²) in [7, 11) is 1.26.